The van der Waals surface area contributed by atoms with E-state index in [1.165, 1.54) is 9.75 Å². The second kappa shape index (κ2) is 7.80. The second-order valence-corrected chi connectivity index (χ2v) is 6.77. The van der Waals surface area contributed by atoms with Crippen LogP contribution in [0.4, 0.5) is 0 Å². The summed E-state index contributed by atoms with van der Waals surface area (Å²) in [6.07, 6.45) is 0. The van der Waals surface area contributed by atoms with Crippen molar-refractivity contribution in [3.63, 3.8) is 0 Å². The number of hydrogen-bond donors (Lipinski definition) is 1. The molecule has 0 radical (unpaired) electrons. The third-order valence-electron chi connectivity index (χ3n) is 3.29. The molecule has 0 bridgehead atoms. The van der Waals surface area contributed by atoms with Crippen LogP contribution in [0, 0.1) is 0 Å². The zero-order chi connectivity index (χ0) is 13.5. The van der Waals surface area contributed by atoms with Crippen LogP contribution in [-0.2, 0) is 13.1 Å². The highest BCUT2D eigenvalue weighted by Gasteiger charge is 2.12. The molecule has 1 N–H and O–H groups in total. The number of rotatable bonds is 8. The molecular formula is C15H22N2S2. The molecule has 0 saturated carbocycles. The molecule has 0 aromatic carbocycles. The summed E-state index contributed by atoms with van der Waals surface area (Å²) >= 11 is 3.66. The minimum atomic E-state index is 0.562. The van der Waals surface area contributed by atoms with E-state index >= 15 is 0 Å². The molecule has 0 fully saturated rings. The van der Waals surface area contributed by atoms with Crippen molar-refractivity contribution >= 4 is 22.7 Å². The lowest BCUT2D eigenvalue weighted by atomic mass is 10.2. The lowest BCUT2D eigenvalue weighted by Gasteiger charge is -2.27. The van der Waals surface area contributed by atoms with Gasteiger partial charge in [0.25, 0.3) is 0 Å². The van der Waals surface area contributed by atoms with Crippen LogP contribution >= 0.6 is 22.7 Å². The smallest absolute Gasteiger partial charge is 0.0331 e. The van der Waals surface area contributed by atoms with Gasteiger partial charge in [-0.1, -0.05) is 19.1 Å². The van der Waals surface area contributed by atoms with Gasteiger partial charge in [0.2, 0.25) is 0 Å². The highest BCUT2D eigenvalue weighted by atomic mass is 32.1. The van der Waals surface area contributed by atoms with Gasteiger partial charge in [-0.25, -0.2) is 0 Å². The Morgan fingerprint density at radius 2 is 1.84 bits per heavy atom. The Labute approximate surface area is 124 Å². The molecule has 1 atom stereocenters. The Morgan fingerprint density at radius 3 is 2.42 bits per heavy atom. The minimum Gasteiger partial charge on any atom is -0.310 e. The van der Waals surface area contributed by atoms with Crippen LogP contribution in [0.25, 0.3) is 0 Å². The summed E-state index contributed by atoms with van der Waals surface area (Å²) in [5.41, 5.74) is 0. The fourth-order valence-corrected chi connectivity index (χ4v) is 3.53. The summed E-state index contributed by atoms with van der Waals surface area (Å²) in [5.74, 6) is 0. The van der Waals surface area contributed by atoms with Gasteiger partial charge in [-0.2, -0.15) is 0 Å². The third-order valence-corrected chi connectivity index (χ3v) is 5.03. The maximum absolute atomic E-state index is 3.55. The van der Waals surface area contributed by atoms with E-state index in [0.29, 0.717) is 6.04 Å². The predicted octanol–water partition coefficient (Wildman–Crippen LogP) is 3.81. The van der Waals surface area contributed by atoms with E-state index in [-0.39, 0.29) is 0 Å². The first-order chi connectivity index (χ1) is 9.29. The molecule has 2 aromatic heterocycles. The molecule has 104 valence electrons. The van der Waals surface area contributed by atoms with Crippen molar-refractivity contribution in [3.8, 4) is 0 Å². The number of hydrogen-bond acceptors (Lipinski definition) is 4. The van der Waals surface area contributed by atoms with Crippen LogP contribution in [0.15, 0.2) is 35.0 Å². The van der Waals surface area contributed by atoms with Crippen LogP contribution in [0.2, 0.25) is 0 Å². The first-order valence-electron chi connectivity index (χ1n) is 6.79. The summed E-state index contributed by atoms with van der Waals surface area (Å²) in [6, 6.07) is 9.21. The molecule has 2 heterocycles. The van der Waals surface area contributed by atoms with Gasteiger partial charge >= 0.3 is 0 Å². The number of nitrogens with zero attached hydrogens (tertiary/aromatic N) is 1. The third kappa shape index (κ3) is 4.73. The summed E-state index contributed by atoms with van der Waals surface area (Å²) < 4.78 is 0. The van der Waals surface area contributed by atoms with E-state index in [2.05, 4.69) is 59.1 Å². The Kier molecular flexibility index (Phi) is 6.04. The molecule has 2 nitrogen and oxygen atoms in total. The highest BCUT2D eigenvalue weighted by Crippen LogP contribution is 2.13. The molecule has 2 rings (SSSR count). The van der Waals surface area contributed by atoms with Crippen LogP contribution in [0.5, 0.6) is 0 Å². The van der Waals surface area contributed by atoms with Gasteiger partial charge in [0.1, 0.15) is 0 Å². The van der Waals surface area contributed by atoms with E-state index in [0.717, 1.165) is 26.2 Å². The number of thiophene rings is 2. The van der Waals surface area contributed by atoms with Gasteiger partial charge in [-0.15, -0.1) is 22.7 Å². The van der Waals surface area contributed by atoms with E-state index in [1.54, 1.807) is 0 Å². The van der Waals surface area contributed by atoms with Gasteiger partial charge in [-0.3, -0.25) is 4.90 Å². The maximum Gasteiger partial charge on any atom is 0.0331 e. The van der Waals surface area contributed by atoms with Crippen molar-refractivity contribution in [2.45, 2.75) is 33.0 Å². The van der Waals surface area contributed by atoms with Gasteiger partial charge in [-0.05, 0) is 36.4 Å². The van der Waals surface area contributed by atoms with Crippen molar-refractivity contribution in [2.24, 2.45) is 0 Å². The largest absolute Gasteiger partial charge is 0.310 e. The summed E-state index contributed by atoms with van der Waals surface area (Å²) in [4.78, 5) is 5.38. The molecular weight excluding hydrogens is 272 g/mol. The predicted molar refractivity (Wildman–Crippen MR) is 85.9 cm³/mol. The zero-order valence-corrected chi connectivity index (χ0v) is 13.3. The number of nitrogens with one attached hydrogen (secondary N) is 1. The van der Waals surface area contributed by atoms with Crippen molar-refractivity contribution in [1.29, 1.82) is 0 Å². The molecule has 1 unspecified atom stereocenters. The SMILES string of the molecule is CCN(Cc1cccs1)C(C)CNCc1cccs1. The second-order valence-electron chi connectivity index (χ2n) is 4.70. The molecule has 0 aliphatic heterocycles. The van der Waals surface area contributed by atoms with Crippen LogP contribution in [0.3, 0.4) is 0 Å². The van der Waals surface area contributed by atoms with Crippen molar-refractivity contribution in [2.75, 3.05) is 13.1 Å². The summed E-state index contributed by atoms with van der Waals surface area (Å²) in [6.45, 7) is 8.73. The average molecular weight is 294 g/mol. The van der Waals surface area contributed by atoms with Gasteiger partial charge in [0, 0.05) is 35.4 Å². The van der Waals surface area contributed by atoms with Gasteiger partial charge < -0.3 is 5.32 Å². The summed E-state index contributed by atoms with van der Waals surface area (Å²) in [5, 5.41) is 7.84. The topological polar surface area (TPSA) is 15.3 Å². The van der Waals surface area contributed by atoms with Gasteiger partial charge in [0.05, 0.1) is 0 Å². The lowest BCUT2D eigenvalue weighted by molar-refractivity contribution is 0.208. The van der Waals surface area contributed by atoms with Crippen LogP contribution in [0.1, 0.15) is 23.6 Å². The molecule has 19 heavy (non-hydrogen) atoms. The molecule has 0 amide bonds. The van der Waals surface area contributed by atoms with Crippen molar-refractivity contribution < 1.29 is 0 Å². The first-order valence-corrected chi connectivity index (χ1v) is 8.55. The zero-order valence-electron chi connectivity index (χ0n) is 11.6. The Hall–Kier alpha value is -0.680. The van der Waals surface area contributed by atoms with E-state index in [4.69, 9.17) is 0 Å². The monoisotopic (exact) mass is 294 g/mol. The molecule has 4 heteroatoms. The average Bonchev–Trinajstić information content (AvgIpc) is 3.08. The van der Waals surface area contributed by atoms with Crippen molar-refractivity contribution in [3.05, 3.63) is 44.8 Å². The Balaban J connectivity index is 1.75. The summed E-state index contributed by atoms with van der Waals surface area (Å²) in [7, 11) is 0. The first kappa shape index (κ1) is 14.7. The Bertz CT molecular complexity index is 437. The molecule has 0 spiro atoms. The maximum atomic E-state index is 3.55. The fraction of sp³-hybridized carbons (Fsp3) is 0.467. The quantitative estimate of drug-likeness (QED) is 0.796. The van der Waals surface area contributed by atoms with Gasteiger partial charge in [0.15, 0.2) is 0 Å². The number of likely N-dealkylation sites (N-methyl/N-ethyl adjacent to an activating group) is 1. The molecule has 0 aliphatic rings. The van der Waals surface area contributed by atoms with E-state index in [9.17, 15) is 0 Å². The molecule has 2 aromatic rings. The highest BCUT2D eigenvalue weighted by molar-refractivity contribution is 7.10. The molecule has 0 saturated heterocycles. The minimum absolute atomic E-state index is 0.562. The lowest BCUT2D eigenvalue weighted by Crippen LogP contribution is -2.39. The molecule has 0 aliphatic carbocycles. The van der Waals surface area contributed by atoms with Crippen LogP contribution in [-0.4, -0.2) is 24.0 Å². The van der Waals surface area contributed by atoms with Crippen molar-refractivity contribution in [1.82, 2.24) is 10.2 Å². The van der Waals surface area contributed by atoms with E-state index in [1.807, 2.05) is 22.7 Å². The standard InChI is InChI=1S/C15H22N2S2/c1-3-17(12-15-7-5-9-19-15)13(2)10-16-11-14-6-4-8-18-14/h4-9,13,16H,3,10-12H2,1-2H3. The Morgan fingerprint density at radius 1 is 1.16 bits per heavy atom. The fourth-order valence-electron chi connectivity index (χ4n) is 2.13. The van der Waals surface area contributed by atoms with E-state index < -0.39 is 0 Å². The normalized spacial score (nSPS) is 13.0. The van der Waals surface area contributed by atoms with Crippen LogP contribution < -0.4 is 5.32 Å².